The van der Waals surface area contributed by atoms with Crippen molar-refractivity contribution in [1.29, 1.82) is 0 Å². The Kier molecular flexibility index (Phi) is 5.12. The van der Waals surface area contributed by atoms with Crippen LogP contribution in [0.5, 0.6) is 0 Å². The fraction of sp³-hybridized carbons (Fsp3) is 0.714. The Morgan fingerprint density at radius 3 is 2.64 bits per heavy atom. The Balaban J connectivity index is 1.88. The topological polar surface area (TPSA) is 84.5 Å². The molecule has 1 aliphatic heterocycles. The number of likely N-dealkylation sites (tertiary alicyclic amines) is 1. The van der Waals surface area contributed by atoms with Gasteiger partial charge in [0.15, 0.2) is 0 Å². The minimum absolute atomic E-state index is 0.0581. The number of rotatable bonds is 5. The van der Waals surface area contributed by atoms with Gasteiger partial charge < -0.3 is 15.0 Å². The Hall–Kier alpha value is -1.96. The fourth-order valence-corrected chi connectivity index (χ4v) is 2.72. The Morgan fingerprint density at radius 1 is 1.45 bits per heavy atom. The van der Waals surface area contributed by atoms with Crippen molar-refractivity contribution in [3.05, 3.63) is 21.9 Å². The zero-order valence-corrected chi connectivity index (χ0v) is 13.4. The first-order chi connectivity index (χ1) is 10.4. The molecular formula is C14H23N5O3. The van der Waals surface area contributed by atoms with Crippen LogP contribution in [0.3, 0.4) is 0 Å². The number of nitro groups is 1. The third-order valence-electron chi connectivity index (χ3n) is 4.06. The standard InChI is InChI=1S/C14H23N5O3/c1-11-8-13(19(21)22)18(15-11)9-12-4-6-17(7-5-12)10-14(20)16(2)3/h8,12H,4-7,9-10H2,1-3H3. The molecule has 0 aromatic carbocycles. The number of nitrogens with zero attached hydrogens (tertiary/aromatic N) is 5. The van der Waals surface area contributed by atoms with E-state index in [-0.39, 0.29) is 16.6 Å². The highest BCUT2D eigenvalue weighted by molar-refractivity contribution is 5.77. The average molecular weight is 309 g/mol. The largest absolute Gasteiger partial charge is 0.358 e. The van der Waals surface area contributed by atoms with Crippen molar-refractivity contribution >= 4 is 11.7 Å². The number of carbonyl (C=O) groups is 1. The molecule has 2 rings (SSSR count). The van der Waals surface area contributed by atoms with Crippen molar-refractivity contribution < 1.29 is 9.72 Å². The Morgan fingerprint density at radius 2 is 2.09 bits per heavy atom. The summed E-state index contributed by atoms with van der Waals surface area (Å²) < 4.78 is 1.50. The lowest BCUT2D eigenvalue weighted by Crippen LogP contribution is -2.41. The first-order valence-electron chi connectivity index (χ1n) is 7.48. The molecular weight excluding hydrogens is 286 g/mol. The maximum Gasteiger partial charge on any atom is 0.345 e. The van der Waals surface area contributed by atoms with Gasteiger partial charge in [-0.3, -0.25) is 9.69 Å². The van der Waals surface area contributed by atoms with E-state index < -0.39 is 0 Å². The second-order valence-corrected chi connectivity index (χ2v) is 6.09. The number of hydrogen-bond acceptors (Lipinski definition) is 5. The predicted octanol–water partition coefficient (Wildman–Crippen LogP) is 0.900. The highest BCUT2D eigenvalue weighted by Crippen LogP contribution is 2.22. The van der Waals surface area contributed by atoms with Crippen LogP contribution in [0.1, 0.15) is 18.5 Å². The average Bonchev–Trinajstić information content (AvgIpc) is 2.82. The van der Waals surface area contributed by atoms with Gasteiger partial charge in [-0.05, 0) is 37.8 Å². The lowest BCUT2D eigenvalue weighted by atomic mass is 9.97. The molecule has 0 saturated carbocycles. The number of amides is 1. The molecule has 0 unspecified atom stereocenters. The van der Waals surface area contributed by atoms with Gasteiger partial charge in [0.05, 0.1) is 18.3 Å². The van der Waals surface area contributed by atoms with Gasteiger partial charge in [0.1, 0.15) is 6.54 Å². The van der Waals surface area contributed by atoms with Crippen LogP contribution in [-0.4, -0.2) is 64.1 Å². The van der Waals surface area contributed by atoms with Crippen LogP contribution in [0.15, 0.2) is 6.07 Å². The molecule has 1 aliphatic rings. The van der Waals surface area contributed by atoms with E-state index in [1.165, 1.54) is 10.7 Å². The second kappa shape index (κ2) is 6.87. The van der Waals surface area contributed by atoms with Crippen molar-refractivity contribution in [1.82, 2.24) is 19.6 Å². The summed E-state index contributed by atoms with van der Waals surface area (Å²) in [6.45, 7) is 4.47. The van der Waals surface area contributed by atoms with Gasteiger partial charge in [0.25, 0.3) is 0 Å². The number of hydrogen-bond donors (Lipinski definition) is 0. The molecule has 0 atom stereocenters. The monoisotopic (exact) mass is 309 g/mol. The molecule has 1 aromatic rings. The molecule has 1 fully saturated rings. The van der Waals surface area contributed by atoms with Crippen LogP contribution in [0.25, 0.3) is 0 Å². The van der Waals surface area contributed by atoms with E-state index in [2.05, 4.69) is 10.00 Å². The summed E-state index contributed by atoms with van der Waals surface area (Å²) in [4.78, 5) is 26.1. The first kappa shape index (κ1) is 16.4. The van der Waals surface area contributed by atoms with E-state index in [0.29, 0.717) is 24.7 Å². The van der Waals surface area contributed by atoms with Crippen LogP contribution in [0.4, 0.5) is 5.82 Å². The van der Waals surface area contributed by atoms with Crippen molar-refractivity contribution in [2.75, 3.05) is 33.7 Å². The van der Waals surface area contributed by atoms with Gasteiger partial charge in [-0.15, -0.1) is 4.68 Å². The number of piperidine rings is 1. The molecule has 1 saturated heterocycles. The number of aryl methyl sites for hydroxylation is 1. The third kappa shape index (κ3) is 4.03. The van der Waals surface area contributed by atoms with Gasteiger partial charge >= 0.3 is 5.82 Å². The van der Waals surface area contributed by atoms with Gasteiger partial charge in [0, 0.05) is 20.0 Å². The highest BCUT2D eigenvalue weighted by Gasteiger charge is 2.26. The van der Waals surface area contributed by atoms with Crippen LogP contribution < -0.4 is 0 Å². The summed E-state index contributed by atoms with van der Waals surface area (Å²) in [6.07, 6.45) is 1.85. The van der Waals surface area contributed by atoms with Gasteiger partial charge in [0.2, 0.25) is 5.91 Å². The summed E-state index contributed by atoms with van der Waals surface area (Å²) in [5.41, 5.74) is 0.667. The second-order valence-electron chi connectivity index (χ2n) is 6.09. The maximum absolute atomic E-state index is 11.7. The van der Waals surface area contributed by atoms with Crippen LogP contribution in [-0.2, 0) is 11.3 Å². The van der Waals surface area contributed by atoms with Gasteiger partial charge in [-0.25, -0.2) is 0 Å². The molecule has 22 heavy (non-hydrogen) atoms. The zero-order valence-electron chi connectivity index (χ0n) is 13.4. The zero-order chi connectivity index (χ0) is 16.3. The summed E-state index contributed by atoms with van der Waals surface area (Å²) in [5.74, 6) is 0.531. The van der Waals surface area contributed by atoms with Crippen LogP contribution >= 0.6 is 0 Å². The van der Waals surface area contributed by atoms with E-state index in [0.717, 1.165) is 25.9 Å². The van der Waals surface area contributed by atoms with Crippen LogP contribution in [0, 0.1) is 23.0 Å². The molecule has 1 amide bonds. The minimum atomic E-state index is -0.384. The fourth-order valence-electron chi connectivity index (χ4n) is 2.72. The molecule has 8 nitrogen and oxygen atoms in total. The minimum Gasteiger partial charge on any atom is -0.358 e. The predicted molar refractivity (Wildman–Crippen MR) is 81.5 cm³/mol. The molecule has 1 aromatic heterocycles. The summed E-state index contributed by atoms with van der Waals surface area (Å²) >= 11 is 0. The smallest absolute Gasteiger partial charge is 0.345 e. The molecule has 0 N–H and O–H groups in total. The number of carbonyl (C=O) groups excluding carboxylic acids is 1. The maximum atomic E-state index is 11.7. The molecule has 0 radical (unpaired) electrons. The third-order valence-corrected chi connectivity index (χ3v) is 4.06. The Bertz CT molecular complexity index is 547. The molecule has 2 heterocycles. The van der Waals surface area contributed by atoms with E-state index in [1.54, 1.807) is 25.9 Å². The van der Waals surface area contributed by atoms with E-state index >= 15 is 0 Å². The van der Waals surface area contributed by atoms with Crippen LogP contribution in [0.2, 0.25) is 0 Å². The van der Waals surface area contributed by atoms with Crippen molar-refractivity contribution in [3.8, 4) is 0 Å². The summed E-state index contributed by atoms with van der Waals surface area (Å²) in [6, 6.07) is 1.50. The number of likely N-dealkylation sites (N-methyl/N-ethyl adjacent to an activating group) is 1. The lowest BCUT2D eigenvalue weighted by molar-refractivity contribution is -0.392. The van der Waals surface area contributed by atoms with E-state index in [1.807, 2.05) is 0 Å². The molecule has 0 bridgehead atoms. The number of aromatic nitrogens is 2. The summed E-state index contributed by atoms with van der Waals surface area (Å²) in [5, 5.41) is 15.2. The lowest BCUT2D eigenvalue weighted by Gasteiger charge is -2.31. The normalized spacial score (nSPS) is 16.7. The van der Waals surface area contributed by atoms with Crippen molar-refractivity contribution in [3.63, 3.8) is 0 Å². The Labute approximate surface area is 129 Å². The van der Waals surface area contributed by atoms with E-state index in [4.69, 9.17) is 0 Å². The van der Waals surface area contributed by atoms with Gasteiger partial charge in [-0.2, -0.15) is 0 Å². The summed E-state index contributed by atoms with van der Waals surface area (Å²) in [7, 11) is 3.52. The van der Waals surface area contributed by atoms with E-state index in [9.17, 15) is 14.9 Å². The molecule has 122 valence electrons. The first-order valence-corrected chi connectivity index (χ1v) is 7.48. The SMILES string of the molecule is Cc1cc([N+](=O)[O-])n(CC2CCN(CC(=O)N(C)C)CC2)n1. The van der Waals surface area contributed by atoms with Gasteiger partial charge in [-0.1, -0.05) is 5.10 Å². The molecule has 0 aliphatic carbocycles. The quantitative estimate of drug-likeness (QED) is 0.596. The molecule has 0 spiro atoms. The van der Waals surface area contributed by atoms with Crippen molar-refractivity contribution in [2.45, 2.75) is 26.3 Å². The molecule has 8 heteroatoms. The van der Waals surface area contributed by atoms with Crippen molar-refractivity contribution in [2.24, 2.45) is 5.92 Å². The highest BCUT2D eigenvalue weighted by atomic mass is 16.6.